The second-order valence-electron chi connectivity index (χ2n) is 6.49. The van der Waals surface area contributed by atoms with Crippen molar-refractivity contribution >= 4 is 35.0 Å². The Bertz CT molecular complexity index is 632. The number of benzene rings is 1. The summed E-state index contributed by atoms with van der Waals surface area (Å²) in [5, 5.41) is 0.830. The molecule has 7 heteroatoms. The summed E-state index contributed by atoms with van der Waals surface area (Å²) in [6.45, 7) is 2.59. The van der Waals surface area contributed by atoms with Crippen LogP contribution in [-0.2, 0) is 4.79 Å². The molecule has 2 aliphatic heterocycles. The monoisotopic (exact) mass is 369 g/mol. The van der Waals surface area contributed by atoms with Gasteiger partial charge in [-0.3, -0.25) is 9.59 Å². The fourth-order valence-corrected chi connectivity index (χ4v) is 4.07. The van der Waals surface area contributed by atoms with Crippen LogP contribution in [0.3, 0.4) is 0 Å². The van der Waals surface area contributed by atoms with Gasteiger partial charge in [0.05, 0.1) is 0 Å². The lowest BCUT2D eigenvalue weighted by Gasteiger charge is -2.28. The Morgan fingerprint density at radius 1 is 1.12 bits per heavy atom. The number of halogens is 2. The zero-order valence-electron chi connectivity index (χ0n) is 13.4. The fourth-order valence-electron chi connectivity index (χ4n) is 3.55. The quantitative estimate of drug-likeness (QED) is 0.889. The number of nitrogens with zero attached hydrogens (tertiary/aromatic N) is 2. The maximum absolute atomic E-state index is 12.8. The Hall–Kier alpha value is -1.30. The largest absolute Gasteiger partial charge is 0.341 e. The second-order valence-corrected chi connectivity index (χ2v) is 7.36. The molecule has 0 radical (unpaired) electrons. The fraction of sp³-hybridized carbons (Fsp3) is 0.529. The number of carbonyl (C=O) groups is 2. The van der Waals surface area contributed by atoms with E-state index in [1.54, 1.807) is 23.1 Å². The van der Waals surface area contributed by atoms with Gasteiger partial charge < -0.3 is 15.5 Å². The number of hydrogen-bond donors (Lipinski definition) is 1. The van der Waals surface area contributed by atoms with Gasteiger partial charge in [-0.25, -0.2) is 0 Å². The lowest BCUT2D eigenvalue weighted by molar-refractivity contribution is -0.134. The third-order valence-corrected chi connectivity index (χ3v) is 5.28. The van der Waals surface area contributed by atoms with Crippen molar-refractivity contribution in [3.05, 3.63) is 33.8 Å². The van der Waals surface area contributed by atoms with E-state index in [0.29, 0.717) is 47.6 Å². The van der Waals surface area contributed by atoms with Crippen molar-refractivity contribution in [2.45, 2.75) is 25.3 Å². The first-order chi connectivity index (χ1) is 11.5. The van der Waals surface area contributed by atoms with Gasteiger partial charge in [-0.2, -0.15) is 0 Å². The van der Waals surface area contributed by atoms with E-state index in [9.17, 15) is 9.59 Å². The lowest BCUT2D eigenvalue weighted by Crippen LogP contribution is -2.47. The van der Waals surface area contributed by atoms with Gasteiger partial charge in [-0.1, -0.05) is 23.2 Å². The third-order valence-electron chi connectivity index (χ3n) is 4.84. The Labute approximate surface area is 151 Å². The highest BCUT2D eigenvalue weighted by Gasteiger charge is 2.38. The third kappa shape index (κ3) is 3.53. The van der Waals surface area contributed by atoms with Crippen LogP contribution in [0.1, 0.15) is 29.6 Å². The minimum atomic E-state index is -0.396. The van der Waals surface area contributed by atoms with Gasteiger partial charge in [0.1, 0.15) is 6.04 Å². The van der Waals surface area contributed by atoms with Crippen LogP contribution in [-0.4, -0.2) is 53.8 Å². The molecule has 2 atom stereocenters. The molecule has 5 nitrogen and oxygen atoms in total. The Morgan fingerprint density at radius 3 is 2.46 bits per heavy atom. The molecule has 24 heavy (non-hydrogen) atoms. The molecule has 2 saturated heterocycles. The van der Waals surface area contributed by atoms with Crippen LogP contribution in [0.2, 0.25) is 10.0 Å². The Kier molecular flexibility index (Phi) is 5.33. The first kappa shape index (κ1) is 17.5. The van der Waals surface area contributed by atoms with Crippen LogP contribution in [0, 0.1) is 5.92 Å². The minimum Gasteiger partial charge on any atom is -0.341 e. The van der Waals surface area contributed by atoms with Crippen molar-refractivity contribution in [1.82, 2.24) is 9.80 Å². The molecule has 2 unspecified atom stereocenters. The van der Waals surface area contributed by atoms with E-state index in [-0.39, 0.29) is 11.8 Å². The smallest absolute Gasteiger partial charge is 0.254 e. The number of nitrogens with two attached hydrogens (primary N) is 1. The first-order valence-corrected chi connectivity index (χ1v) is 9.01. The molecule has 0 bridgehead atoms. The van der Waals surface area contributed by atoms with Crippen molar-refractivity contribution in [3.63, 3.8) is 0 Å². The average Bonchev–Trinajstić information content (AvgIpc) is 3.21. The summed E-state index contributed by atoms with van der Waals surface area (Å²) in [5.41, 5.74) is 6.13. The normalized spacial score (nSPS) is 23.8. The van der Waals surface area contributed by atoms with Crippen molar-refractivity contribution in [3.8, 4) is 0 Å². The molecule has 2 N–H and O–H groups in total. The molecule has 1 aromatic carbocycles. The summed E-state index contributed by atoms with van der Waals surface area (Å²) < 4.78 is 0. The van der Waals surface area contributed by atoms with E-state index in [4.69, 9.17) is 28.9 Å². The molecule has 0 aliphatic carbocycles. The van der Waals surface area contributed by atoms with Crippen LogP contribution in [0.25, 0.3) is 0 Å². The summed E-state index contributed by atoms with van der Waals surface area (Å²) in [6, 6.07) is 4.38. The standard InChI is InChI=1S/C17H21Cl2N3O2/c18-13-6-12(7-14(19)8-13)16(23)22-4-1-2-15(22)17(24)21-5-3-11(9-20)10-21/h6-8,11,15H,1-5,9-10,20H2. The predicted octanol–water partition coefficient (Wildman–Crippen LogP) is 2.41. The number of likely N-dealkylation sites (tertiary alicyclic amines) is 2. The average molecular weight is 370 g/mol. The van der Waals surface area contributed by atoms with Crippen molar-refractivity contribution in [2.75, 3.05) is 26.2 Å². The van der Waals surface area contributed by atoms with Gasteiger partial charge in [0.2, 0.25) is 5.91 Å². The summed E-state index contributed by atoms with van der Waals surface area (Å²) in [4.78, 5) is 29.1. The van der Waals surface area contributed by atoms with E-state index < -0.39 is 6.04 Å². The predicted molar refractivity (Wildman–Crippen MR) is 94.3 cm³/mol. The number of hydrogen-bond acceptors (Lipinski definition) is 3. The molecule has 2 heterocycles. The molecular weight excluding hydrogens is 349 g/mol. The molecule has 2 aliphatic rings. The molecule has 0 aromatic heterocycles. The molecule has 0 spiro atoms. The van der Waals surface area contributed by atoms with Crippen molar-refractivity contribution in [1.29, 1.82) is 0 Å². The Morgan fingerprint density at radius 2 is 1.83 bits per heavy atom. The van der Waals surface area contributed by atoms with E-state index in [1.165, 1.54) is 0 Å². The molecule has 130 valence electrons. The zero-order chi connectivity index (χ0) is 17.3. The minimum absolute atomic E-state index is 0.0323. The maximum atomic E-state index is 12.8. The lowest BCUT2D eigenvalue weighted by atomic mass is 10.1. The topological polar surface area (TPSA) is 66.6 Å². The number of rotatable bonds is 3. The SMILES string of the molecule is NCC1CCN(C(=O)C2CCCN2C(=O)c2cc(Cl)cc(Cl)c2)C1. The van der Waals surface area contributed by atoms with Crippen LogP contribution < -0.4 is 5.73 Å². The van der Waals surface area contributed by atoms with Gasteiger partial charge in [0, 0.05) is 35.2 Å². The van der Waals surface area contributed by atoms with Gasteiger partial charge in [-0.15, -0.1) is 0 Å². The van der Waals surface area contributed by atoms with E-state index >= 15 is 0 Å². The molecular formula is C17H21Cl2N3O2. The van der Waals surface area contributed by atoms with E-state index in [1.807, 2.05) is 4.90 Å². The van der Waals surface area contributed by atoms with Crippen LogP contribution in [0.5, 0.6) is 0 Å². The van der Waals surface area contributed by atoms with E-state index in [0.717, 1.165) is 19.4 Å². The van der Waals surface area contributed by atoms with E-state index in [2.05, 4.69) is 0 Å². The van der Waals surface area contributed by atoms with Crippen molar-refractivity contribution < 1.29 is 9.59 Å². The zero-order valence-corrected chi connectivity index (χ0v) is 14.9. The maximum Gasteiger partial charge on any atom is 0.254 e. The molecule has 2 amide bonds. The highest BCUT2D eigenvalue weighted by Crippen LogP contribution is 2.27. The summed E-state index contributed by atoms with van der Waals surface area (Å²) in [6.07, 6.45) is 2.46. The first-order valence-electron chi connectivity index (χ1n) is 8.25. The molecule has 0 saturated carbocycles. The Balaban J connectivity index is 1.75. The summed E-state index contributed by atoms with van der Waals surface area (Å²) in [5.74, 6) is 0.209. The van der Waals surface area contributed by atoms with Gasteiger partial charge in [0.15, 0.2) is 0 Å². The second kappa shape index (κ2) is 7.30. The molecule has 3 rings (SSSR count). The van der Waals surface area contributed by atoms with Crippen molar-refractivity contribution in [2.24, 2.45) is 11.7 Å². The highest BCUT2D eigenvalue weighted by molar-refractivity contribution is 6.35. The van der Waals surface area contributed by atoms with Gasteiger partial charge in [-0.05, 0) is 49.9 Å². The van der Waals surface area contributed by atoms with Gasteiger partial charge >= 0.3 is 0 Å². The number of amides is 2. The summed E-state index contributed by atoms with van der Waals surface area (Å²) in [7, 11) is 0. The summed E-state index contributed by atoms with van der Waals surface area (Å²) >= 11 is 12.0. The molecule has 2 fully saturated rings. The van der Waals surface area contributed by atoms with Gasteiger partial charge in [0.25, 0.3) is 5.91 Å². The van der Waals surface area contributed by atoms with Crippen LogP contribution in [0.15, 0.2) is 18.2 Å². The van der Waals surface area contributed by atoms with Crippen LogP contribution >= 0.6 is 23.2 Å². The number of carbonyl (C=O) groups excluding carboxylic acids is 2. The molecule has 1 aromatic rings. The van der Waals surface area contributed by atoms with Crippen LogP contribution in [0.4, 0.5) is 0 Å². The highest BCUT2D eigenvalue weighted by atomic mass is 35.5.